The monoisotopic (exact) mass is 444 g/mol. The number of H-pyrrole nitrogens is 1. The largest absolute Gasteiger partial charge is 0.481 e. The number of hydrogen-bond donors (Lipinski definition) is 4. The van der Waals surface area contributed by atoms with Crippen molar-refractivity contribution in [2.45, 2.75) is 12.5 Å². The number of fused-ring (bicyclic) bond motifs is 1. The van der Waals surface area contributed by atoms with Crippen LogP contribution in [0.15, 0.2) is 54.0 Å². The summed E-state index contributed by atoms with van der Waals surface area (Å²) in [5.41, 5.74) is 14.7. The zero-order valence-electron chi connectivity index (χ0n) is 18.4. The molecule has 168 valence electrons. The molecule has 1 atom stereocenters. The van der Waals surface area contributed by atoms with Crippen LogP contribution in [0.25, 0.3) is 27.9 Å². The molecule has 10 nitrogen and oxygen atoms in total. The lowest BCUT2D eigenvalue weighted by molar-refractivity contribution is 0.0970. The Morgan fingerprint density at radius 1 is 1.21 bits per heavy atom. The van der Waals surface area contributed by atoms with E-state index in [0.29, 0.717) is 28.5 Å². The van der Waals surface area contributed by atoms with Crippen molar-refractivity contribution >= 4 is 28.8 Å². The molecule has 6 N–H and O–H groups in total. The summed E-state index contributed by atoms with van der Waals surface area (Å²) in [6.07, 6.45) is 8.17. The van der Waals surface area contributed by atoms with Gasteiger partial charge in [-0.25, -0.2) is 19.9 Å². The van der Waals surface area contributed by atoms with E-state index in [9.17, 15) is 5.11 Å². The minimum atomic E-state index is -1.46. The van der Waals surface area contributed by atoms with Gasteiger partial charge in [-0.15, -0.1) is 0 Å². The highest BCUT2D eigenvalue weighted by atomic mass is 16.5. The van der Waals surface area contributed by atoms with Gasteiger partial charge in [0.25, 0.3) is 0 Å². The van der Waals surface area contributed by atoms with Crippen LogP contribution in [0.2, 0.25) is 0 Å². The minimum absolute atomic E-state index is 0.0309. The number of methoxy groups -OCH3 is 1. The lowest BCUT2D eigenvalue weighted by Crippen LogP contribution is -2.25. The standard InChI is InChI=1S/C23H24N8O2/c1-23(32,15-4-5-20(33-3)27-11-15)19-7-18(30-22(25)31-19)17-12-29-21-16(17)6-13(10-28-21)14(8-24)9-26-2/h4-12,32H,24H2,1-3H3,(H,28,29)(H2,25,30,31). The van der Waals surface area contributed by atoms with Crippen molar-refractivity contribution < 1.29 is 9.84 Å². The fraction of sp³-hybridized carbons (Fsp3) is 0.174. The molecule has 10 heteroatoms. The summed E-state index contributed by atoms with van der Waals surface area (Å²) >= 11 is 0. The first-order valence-corrected chi connectivity index (χ1v) is 10.1. The number of pyridine rings is 2. The molecule has 0 saturated carbocycles. The van der Waals surface area contributed by atoms with E-state index in [4.69, 9.17) is 16.2 Å². The van der Waals surface area contributed by atoms with Gasteiger partial charge < -0.3 is 26.3 Å². The number of aromatic amines is 1. The number of nitrogens with two attached hydrogens (primary N) is 2. The van der Waals surface area contributed by atoms with E-state index < -0.39 is 5.60 Å². The molecule has 4 aromatic heterocycles. The van der Waals surface area contributed by atoms with Gasteiger partial charge in [-0.1, -0.05) is 0 Å². The van der Waals surface area contributed by atoms with Gasteiger partial charge in [-0.3, -0.25) is 4.99 Å². The first-order valence-electron chi connectivity index (χ1n) is 10.1. The Kier molecular flexibility index (Phi) is 5.76. The van der Waals surface area contributed by atoms with E-state index in [2.05, 4.69) is 29.9 Å². The first kappa shape index (κ1) is 21.9. The van der Waals surface area contributed by atoms with Gasteiger partial charge in [0.2, 0.25) is 11.8 Å². The maximum atomic E-state index is 11.3. The number of nitrogens with zero attached hydrogens (tertiary/aromatic N) is 5. The number of hydrogen-bond acceptors (Lipinski definition) is 9. The highest BCUT2D eigenvalue weighted by molar-refractivity contribution is 6.10. The van der Waals surface area contributed by atoms with Crippen LogP contribution in [-0.4, -0.2) is 50.4 Å². The van der Waals surface area contributed by atoms with Gasteiger partial charge in [0, 0.05) is 71.8 Å². The van der Waals surface area contributed by atoms with E-state index in [1.54, 1.807) is 50.8 Å². The lowest BCUT2D eigenvalue weighted by atomic mass is 9.92. The molecule has 4 aromatic rings. The van der Waals surface area contributed by atoms with E-state index >= 15 is 0 Å². The summed E-state index contributed by atoms with van der Waals surface area (Å²) in [4.78, 5) is 24.5. The first-order chi connectivity index (χ1) is 15.9. The van der Waals surface area contributed by atoms with Crippen LogP contribution in [0.4, 0.5) is 5.95 Å². The summed E-state index contributed by atoms with van der Waals surface area (Å²) in [7, 11) is 3.20. The maximum Gasteiger partial charge on any atom is 0.220 e. The molecule has 0 aliphatic carbocycles. The molecule has 0 radical (unpaired) electrons. The Bertz CT molecular complexity index is 1360. The third-order valence-corrected chi connectivity index (χ3v) is 5.34. The number of rotatable bonds is 6. The Hall–Kier alpha value is -4.31. The number of nitrogens with one attached hydrogen (secondary N) is 1. The Morgan fingerprint density at radius 2 is 2.03 bits per heavy atom. The van der Waals surface area contributed by atoms with E-state index in [1.807, 2.05) is 6.07 Å². The van der Waals surface area contributed by atoms with E-state index in [-0.39, 0.29) is 5.95 Å². The number of aliphatic imine (C=N–C) groups is 1. The number of ether oxygens (including phenoxy) is 1. The second kappa shape index (κ2) is 8.67. The molecular weight excluding hydrogens is 420 g/mol. The van der Waals surface area contributed by atoms with E-state index in [1.165, 1.54) is 19.5 Å². The topological polar surface area (TPSA) is 161 Å². The smallest absolute Gasteiger partial charge is 0.220 e. The van der Waals surface area contributed by atoms with Crippen molar-refractivity contribution in [3.8, 4) is 17.1 Å². The Balaban J connectivity index is 1.82. The summed E-state index contributed by atoms with van der Waals surface area (Å²) in [5, 5.41) is 12.1. The van der Waals surface area contributed by atoms with Gasteiger partial charge in [0.15, 0.2) is 0 Å². The number of aromatic nitrogens is 5. The molecule has 4 rings (SSSR count). The number of nitrogen functional groups attached to an aromatic ring is 1. The van der Waals surface area contributed by atoms with Crippen molar-refractivity contribution in [2.75, 3.05) is 19.9 Å². The fourth-order valence-corrected chi connectivity index (χ4v) is 3.52. The number of allylic oxidation sites excluding steroid dienone is 1. The molecule has 0 amide bonds. The molecule has 1 unspecified atom stereocenters. The van der Waals surface area contributed by atoms with Crippen LogP contribution in [0.3, 0.4) is 0 Å². The van der Waals surface area contributed by atoms with Gasteiger partial charge in [-0.2, -0.15) is 0 Å². The summed E-state index contributed by atoms with van der Waals surface area (Å²) < 4.78 is 5.10. The van der Waals surface area contributed by atoms with Gasteiger partial charge >= 0.3 is 0 Å². The summed E-state index contributed by atoms with van der Waals surface area (Å²) in [6.45, 7) is 1.62. The summed E-state index contributed by atoms with van der Waals surface area (Å²) in [5.74, 6) is 0.474. The van der Waals surface area contributed by atoms with Crippen molar-refractivity contribution in [1.82, 2.24) is 24.9 Å². The fourth-order valence-electron chi connectivity index (χ4n) is 3.52. The van der Waals surface area contributed by atoms with Crippen LogP contribution in [0.5, 0.6) is 5.88 Å². The average Bonchev–Trinajstić information content (AvgIpc) is 3.25. The quantitative estimate of drug-likeness (QED) is 0.329. The second-order valence-electron chi connectivity index (χ2n) is 7.49. The minimum Gasteiger partial charge on any atom is -0.481 e. The molecule has 33 heavy (non-hydrogen) atoms. The molecular formula is C23H24N8O2. The van der Waals surface area contributed by atoms with Crippen molar-refractivity contribution in [2.24, 2.45) is 10.7 Å². The third-order valence-electron chi connectivity index (χ3n) is 5.34. The van der Waals surface area contributed by atoms with Crippen molar-refractivity contribution in [3.05, 3.63) is 65.9 Å². The molecule has 4 heterocycles. The van der Waals surface area contributed by atoms with Crippen LogP contribution in [-0.2, 0) is 5.60 Å². The van der Waals surface area contributed by atoms with Gasteiger partial charge in [-0.05, 0) is 25.1 Å². The summed E-state index contributed by atoms with van der Waals surface area (Å²) in [6, 6.07) is 7.03. The maximum absolute atomic E-state index is 11.3. The predicted octanol–water partition coefficient (Wildman–Crippen LogP) is 2.26. The van der Waals surface area contributed by atoms with Gasteiger partial charge in [0.05, 0.1) is 18.5 Å². The van der Waals surface area contributed by atoms with E-state index in [0.717, 1.165) is 22.1 Å². The van der Waals surface area contributed by atoms with Crippen LogP contribution in [0.1, 0.15) is 23.7 Å². The van der Waals surface area contributed by atoms with Crippen LogP contribution in [0, 0.1) is 0 Å². The third kappa shape index (κ3) is 4.11. The SMILES string of the molecule is CN=CC(=CN)c1cnc2[nH]cc(-c3cc(C(C)(O)c4ccc(OC)nc4)nc(N)n3)c2c1. The Morgan fingerprint density at radius 3 is 2.70 bits per heavy atom. The molecule has 0 bridgehead atoms. The predicted molar refractivity (Wildman–Crippen MR) is 128 cm³/mol. The molecule has 0 spiro atoms. The second-order valence-corrected chi connectivity index (χ2v) is 7.49. The van der Waals surface area contributed by atoms with Crippen molar-refractivity contribution in [1.29, 1.82) is 0 Å². The molecule has 0 aliphatic rings. The van der Waals surface area contributed by atoms with Crippen molar-refractivity contribution in [3.63, 3.8) is 0 Å². The zero-order chi connectivity index (χ0) is 23.6. The lowest BCUT2D eigenvalue weighted by Gasteiger charge is -2.23. The van der Waals surface area contributed by atoms with Gasteiger partial charge in [0.1, 0.15) is 11.2 Å². The highest BCUT2D eigenvalue weighted by Crippen LogP contribution is 2.33. The molecule has 0 fully saturated rings. The number of anilines is 1. The Labute approximate surface area is 190 Å². The number of aliphatic hydroxyl groups is 1. The molecule has 0 aliphatic heterocycles. The zero-order valence-corrected chi connectivity index (χ0v) is 18.4. The highest BCUT2D eigenvalue weighted by Gasteiger charge is 2.29. The van der Waals surface area contributed by atoms with Crippen LogP contribution < -0.4 is 16.2 Å². The van der Waals surface area contributed by atoms with Crippen LogP contribution >= 0.6 is 0 Å². The molecule has 0 saturated heterocycles. The molecule has 0 aromatic carbocycles. The normalized spacial score (nSPS) is 14.0. The average molecular weight is 444 g/mol.